The molecule has 354 valence electrons. The summed E-state index contributed by atoms with van der Waals surface area (Å²) in [5, 5.41) is 16.9. The fraction of sp³-hybridized carbons (Fsp3) is 0.415. The van der Waals surface area contributed by atoms with Gasteiger partial charge in [0.2, 0.25) is 29.5 Å². The van der Waals surface area contributed by atoms with Crippen molar-refractivity contribution in [3.63, 3.8) is 0 Å². The second kappa shape index (κ2) is 26.1. The molecule has 65 heavy (non-hydrogen) atoms. The van der Waals surface area contributed by atoms with Crippen molar-refractivity contribution in [2.24, 2.45) is 22.2 Å². The Balaban J connectivity index is 0.00000726. The number of guanidine groups is 1. The number of carbonyl (C=O) groups excluding carboxylic acids is 7. The average Bonchev–Trinajstić information content (AvgIpc) is 4.06. The summed E-state index contributed by atoms with van der Waals surface area (Å²) in [5.41, 5.74) is 23.0. The topological polar surface area (TPSA) is 355 Å². The van der Waals surface area contributed by atoms with Crippen molar-refractivity contribution in [2.75, 3.05) is 6.54 Å². The van der Waals surface area contributed by atoms with Crippen molar-refractivity contribution in [1.82, 2.24) is 56.8 Å². The molecule has 0 aliphatic rings. The molecule has 0 unspecified atom stereocenters. The number of hydrogen-bond donors (Lipinski definition) is 12. The van der Waals surface area contributed by atoms with Crippen LogP contribution in [0.25, 0.3) is 0 Å². The number of H-pyrrole nitrogens is 3. The Hall–Kier alpha value is -6.78. The molecule has 0 radical (unpaired) electrons. The maximum Gasteiger partial charge on any atom is 0.296 e. The molecule has 3 atom stereocenters. The molecule has 0 saturated heterocycles. The van der Waals surface area contributed by atoms with Gasteiger partial charge in [-0.1, -0.05) is 20.8 Å². The van der Waals surface area contributed by atoms with Crippen LogP contribution in [0.5, 0.6) is 0 Å². The summed E-state index contributed by atoms with van der Waals surface area (Å²) in [6, 6.07) is -0.330. The van der Waals surface area contributed by atoms with Crippen LogP contribution in [-0.2, 0) is 75.7 Å². The van der Waals surface area contributed by atoms with E-state index in [0.29, 0.717) is 30.7 Å². The van der Waals surface area contributed by atoms with E-state index in [4.69, 9.17) is 17.2 Å². The molecule has 4 aromatic rings. The van der Waals surface area contributed by atoms with Gasteiger partial charge in [-0.2, -0.15) is 4.99 Å². The van der Waals surface area contributed by atoms with Gasteiger partial charge in [0, 0.05) is 76.6 Å². The fourth-order valence-electron chi connectivity index (χ4n) is 7.28. The molecule has 0 aliphatic carbocycles. The Morgan fingerprint density at radius 3 is 1.42 bits per heavy atom. The summed E-state index contributed by atoms with van der Waals surface area (Å²) in [6.45, 7) is 8.38. The second-order valence-electron chi connectivity index (χ2n) is 14.6. The van der Waals surface area contributed by atoms with Gasteiger partial charge in [0.1, 0.15) is 29.5 Å². The molecule has 0 fully saturated rings. The lowest BCUT2D eigenvalue weighted by Crippen LogP contribution is -2.48. The summed E-state index contributed by atoms with van der Waals surface area (Å²) in [5.74, 6) is -4.07. The highest BCUT2D eigenvalue weighted by Gasteiger charge is 2.27. The number of halogens is 2. The average molecular weight is 945 g/mol. The Morgan fingerprint density at radius 2 is 1.05 bits per heavy atom. The lowest BCUT2D eigenvalue weighted by atomic mass is 9.83. The number of nitrogens with one attached hydrogen (secondary N) is 9. The molecule has 0 bridgehead atoms. The molecular weight excluding hydrogens is 885 g/mol. The first-order chi connectivity index (χ1) is 30.1. The van der Waals surface area contributed by atoms with Crippen molar-refractivity contribution < 1.29 is 33.6 Å². The van der Waals surface area contributed by atoms with Gasteiger partial charge in [0.25, 0.3) is 11.8 Å². The maximum atomic E-state index is 13.7. The summed E-state index contributed by atoms with van der Waals surface area (Å²) in [4.78, 5) is 110. The summed E-state index contributed by atoms with van der Waals surface area (Å²) in [7, 11) is 0. The minimum Gasteiger partial charge on any atom is -0.370 e. The SMILES string of the molecule is CCc1c(CNC(=O)[C@H](Cc2cnc[nH]2)NC(C)=O)c(CC)c(CNC(=O)[C@@H](N)CNC(=O)c2ccc(C(=O)N=C(N)N)[nH]2)c(CC)c1CNC(=O)[C@H](Cc1cnc[nH]1)NC(C)=O.Cl.Cl. The number of aromatic amines is 3. The zero-order valence-corrected chi connectivity index (χ0v) is 38.4. The zero-order valence-electron chi connectivity index (χ0n) is 36.8. The molecule has 0 spiro atoms. The van der Waals surface area contributed by atoms with Gasteiger partial charge in [0.05, 0.1) is 12.7 Å². The highest BCUT2D eigenvalue weighted by atomic mass is 35.5. The normalized spacial score (nSPS) is 11.9. The van der Waals surface area contributed by atoms with Gasteiger partial charge in [-0.3, -0.25) is 33.6 Å². The van der Waals surface area contributed by atoms with E-state index >= 15 is 0 Å². The number of benzene rings is 1. The zero-order chi connectivity index (χ0) is 46.2. The van der Waals surface area contributed by atoms with Crippen LogP contribution < -0.4 is 49.1 Å². The first-order valence-electron chi connectivity index (χ1n) is 20.4. The molecule has 22 nitrogen and oxygen atoms in total. The van der Waals surface area contributed by atoms with Gasteiger partial charge in [-0.15, -0.1) is 24.8 Å². The number of aromatic nitrogens is 5. The quantitative estimate of drug-likeness (QED) is 0.0351. The number of imidazole rings is 2. The molecule has 4 rings (SSSR count). The van der Waals surface area contributed by atoms with Gasteiger partial charge in [-0.25, -0.2) is 9.97 Å². The maximum absolute atomic E-state index is 13.7. The van der Waals surface area contributed by atoms with Crippen molar-refractivity contribution in [3.05, 3.63) is 93.3 Å². The molecule has 0 saturated carbocycles. The van der Waals surface area contributed by atoms with Gasteiger partial charge in [0.15, 0.2) is 5.96 Å². The first-order valence-corrected chi connectivity index (χ1v) is 20.4. The second-order valence-corrected chi connectivity index (χ2v) is 14.6. The van der Waals surface area contributed by atoms with Crippen LogP contribution in [0, 0.1) is 0 Å². The number of rotatable bonds is 22. The van der Waals surface area contributed by atoms with Gasteiger partial charge in [-0.05, 0) is 64.8 Å². The van der Waals surface area contributed by atoms with Gasteiger partial charge >= 0.3 is 0 Å². The van der Waals surface area contributed by atoms with Crippen LogP contribution in [0.3, 0.4) is 0 Å². The third kappa shape index (κ3) is 15.5. The Bertz CT molecular complexity index is 2190. The lowest BCUT2D eigenvalue weighted by molar-refractivity contribution is -0.128. The largest absolute Gasteiger partial charge is 0.370 e. The van der Waals surface area contributed by atoms with E-state index in [0.717, 1.165) is 33.4 Å². The third-order valence-electron chi connectivity index (χ3n) is 10.1. The van der Waals surface area contributed by atoms with Crippen molar-refractivity contribution in [3.8, 4) is 0 Å². The predicted molar refractivity (Wildman–Crippen MR) is 246 cm³/mol. The van der Waals surface area contributed by atoms with Gasteiger partial charge < -0.3 is 64.1 Å². The van der Waals surface area contributed by atoms with E-state index in [9.17, 15) is 33.6 Å². The number of aliphatic imine (C=N–C) groups is 1. The number of nitrogens with two attached hydrogens (primary N) is 3. The highest BCUT2D eigenvalue weighted by molar-refractivity contribution is 6.02. The van der Waals surface area contributed by atoms with Crippen molar-refractivity contribution in [1.29, 1.82) is 0 Å². The molecular formula is C41H59Cl2N15O7. The third-order valence-corrected chi connectivity index (χ3v) is 10.1. The summed E-state index contributed by atoms with van der Waals surface area (Å²) < 4.78 is 0. The Morgan fingerprint density at radius 1 is 0.631 bits per heavy atom. The number of nitrogens with zero attached hydrogens (tertiary/aromatic N) is 3. The minimum absolute atomic E-state index is 0. The molecule has 24 heteroatoms. The smallest absolute Gasteiger partial charge is 0.296 e. The molecule has 3 aromatic heterocycles. The van der Waals surface area contributed by atoms with Crippen LogP contribution in [-0.4, -0.2) is 96.9 Å². The first kappa shape index (κ1) is 54.4. The molecule has 0 aliphatic heterocycles. The van der Waals surface area contributed by atoms with Crippen LogP contribution >= 0.6 is 24.8 Å². The summed E-state index contributed by atoms with van der Waals surface area (Å²) >= 11 is 0. The van der Waals surface area contributed by atoms with Crippen LogP contribution in [0.1, 0.15) is 100 Å². The monoisotopic (exact) mass is 943 g/mol. The number of hydrogen-bond acceptors (Lipinski definition) is 10. The summed E-state index contributed by atoms with van der Waals surface area (Å²) in [6.07, 6.45) is 7.92. The molecule has 3 heterocycles. The van der Waals surface area contributed by atoms with E-state index < -0.39 is 53.6 Å². The number of carbonyl (C=O) groups is 7. The fourth-order valence-corrected chi connectivity index (χ4v) is 7.28. The van der Waals surface area contributed by atoms with Crippen molar-refractivity contribution >= 4 is 72.1 Å². The minimum atomic E-state index is -1.18. The predicted octanol–water partition coefficient (Wildman–Crippen LogP) is -0.494. The Labute approximate surface area is 387 Å². The van der Waals surface area contributed by atoms with E-state index in [2.05, 4.69) is 61.8 Å². The molecule has 1 aromatic carbocycles. The molecule has 15 N–H and O–H groups in total. The Kier molecular flexibility index (Phi) is 21.8. The van der Waals surface area contributed by atoms with Crippen LogP contribution in [0.2, 0.25) is 0 Å². The van der Waals surface area contributed by atoms with Crippen LogP contribution in [0.15, 0.2) is 42.2 Å². The highest BCUT2D eigenvalue weighted by Crippen LogP contribution is 2.31. The standard InChI is InChI=1S/C41H57N15O7.2ClH/c1-6-25-28(15-47-36(59)31(42)18-50-37(60)32-9-10-33(55-32)40(63)56-41(43)44)26(7-2)30(17-49-39(62)35(54-22(5)58)12-24-14-46-20-52-24)27(8-3)29(25)16-48-38(61)34(53-21(4)57)11-23-13-45-19-51-23;;/h9-10,13-14,19-20,31,34-35,55H,6-8,11-12,15-18,42H2,1-5H3,(H,45,51)(H,46,52)(H,47,59)(H,48,61)(H,49,62)(H,50,60)(H,53,57)(H,54,58)(H4,43,44,56,63);2*1H/t31-,34-,35-;;/m0../s1. The van der Waals surface area contributed by atoms with Crippen molar-refractivity contribution in [2.45, 2.75) is 104 Å². The van der Waals surface area contributed by atoms with Crippen LogP contribution in [0.4, 0.5) is 0 Å². The van der Waals surface area contributed by atoms with E-state index in [1.165, 1.54) is 38.6 Å². The number of amides is 7. The molecule has 7 amide bonds. The van der Waals surface area contributed by atoms with E-state index in [1.807, 2.05) is 20.8 Å². The van der Waals surface area contributed by atoms with E-state index in [1.54, 1.807) is 12.4 Å². The van der Waals surface area contributed by atoms with E-state index in [-0.39, 0.29) is 87.0 Å². The lowest BCUT2D eigenvalue weighted by Gasteiger charge is -2.28.